The summed E-state index contributed by atoms with van der Waals surface area (Å²) in [4.78, 5) is 18.5. The first-order valence-electron chi connectivity index (χ1n) is 9.59. The molecule has 0 spiro atoms. The van der Waals surface area contributed by atoms with Gasteiger partial charge in [0.05, 0.1) is 0 Å². The lowest BCUT2D eigenvalue weighted by atomic mass is 9.78. The first-order chi connectivity index (χ1) is 11.7. The van der Waals surface area contributed by atoms with Gasteiger partial charge in [-0.2, -0.15) is 0 Å². The summed E-state index contributed by atoms with van der Waals surface area (Å²) in [6.07, 6.45) is 11.3. The quantitative estimate of drug-likeness (QED) is 0.880. The van der Waals surface area contributed by atoms with Crippen LogP contribution >= 0.6 is 0 Å². The third kappa shape index (κ3) is 2.85. The Hall–Kier alpha value is -1.77. The fraction of sp³-hybridized carbons (Fsp3) is 0.571. The molecular weight excluding hydrogens is 296 g/mol. The number of fused-ring (bicyclic) bond motifs is 2. The molecular formula is C21H28N2O. The van der Waals surface area contributed by atoms with E-state index >= 15 is 0 Å². The molecule has 1 amide bonds. The van der Waals surface area contributed by atoms with Crippen molar-refractivity contribution in [2.75, 3.05) is 6.54 Å². The largest absolute Gasteiger partial charge is 0.361 e. The van der Waals surface area contributed by atoms with Crippen molar-refractivity contribution in [1.29, 1.82) is 0 Å². The fourth-order valence-electron chi connectivity index (χ4n) is 4.97. The van der Waals surface area contributed by atoms with Gasteiger partial charge >= 0.3 is 0 Å². The molecule has 1 aliphatic carbocycles. The molecule has 1 aliphatic heterocycles. The third-order valence-electron chi connectivity index (χ3n) is 6.17. The van der Waals surface area contributed by atoms with Crippen LogP contribution in [0, 0.1) is 12.8 Å². The van der Waals surface area contributed by atoms with Gasteiger partial charge in [0.15, 0.2) is 0 Å². The molecule has 2 atom stereocenters. The summed E-state index contributed by atoms with van der Waals surface area (Å²) in [6, 6.07) is 6.88. The number of aromatic amines is 1. The Balaban J connectivity index is 1.46. The number of carbonyl (C=O) groups excluding carboxylic acids is 1. The summed E-state index contributed by atoms with van der Waals surface area (Å²) >= 11 is 0. The molecule has 1 aromatic carbocycles. The van der Waals surface area contributed by atoms with E-state index in [4.69, 9.17) is 0 Å². The molecule has 0 bridgehead atoms. The number of likely N-dealkylation sites (tertiary alicyclic amines) is 1. The lowest BCUT2D eigenvalue weighted by Crippen LogP contribution is -2.49. The van der Waals surface area contributed by atoms with E-state index in [1.54, 1.807) is 0 Å². The van der Waals surface area contributed by atoms with E-state index < -0.39 is 0 Å². The van der Waals surface area contributed by atoms with Crippen molar-refractivity contribution in [2.24, 2.45) is 5.92 Å². The van der Waals surface area contributed by atoms with Gasteiger partial charge in [-0.25, -0.2) is 0 Å². The van der Waals surface area contributed by atoms with E-state index in [1.165, 1.54) is 60.6 Å². The number of benzene rings is 1. The SMILES string of the molecule is Cc1cccc2[nH]cc(CCC(=O)N3CCCC4CCCCC43)c12. The van der Waals surface area contributed by atoms with Gasteiger partial charge in [0.25, 0.3) is 0 Å². The van der Waals surface area contributed by atoms with Gasteiger partial charge in [-0.1, -0.05) is 25.0 Å². The predicted octanol–water partition coefficient (Wildman–Crippen LogP) is 4.59. The van der Waals surface area contributed by atoms with Crippen LogP contribution in [0.1, 0.15) is 56.1 Å². The van der Waals surface area contributed by atoms with Gasteiger partial charge in [0.2, 0.25) is 5.91 Å². The molecule has 1 aromatic heterocycles. The van der Waals surface area contributed by atoms with E-state index in [-0.39, 0.29) is 0 Å². The molecule has 128 valence electrons. The number of hydrogen-bond acceptors (Lipinski definition) is 1. The maximum atomic E-state index is 12.9. The zero-order valence-electron chi connectivity index (χ0n) is 14.7. The van der Waals surface area contributed by atoms with Gasteiger partial charge < -0.3 is 9.88 Å². The Bertz CT molecular complexity index is 731. The van der Waals surface area contributed by atoms with Crippen molar-refractivity contribution < 1.29 is 4.79 Å². The predicted molar refractivity (Wildman–Crippen MR) is 98.0 cm³/mol. The summed E-state index contributed by atoms with van der Waals surface area (Å²) in [5, 5.41) is 1.31. The molecule has 4 rings (SSSR count). The Labute approximate surface area is 144 Å². The van der Waals surface area contributed by atoms with Gasteiger partial charge in [-0.05, 0) is 62.1 Å². The van der Waals surface area contributed by atoms with Crippen LogP contribution in [0.2, 0.25) is 0 Å². The smallest absolute Gasteiger partial charge is 0.223 e. The molecule has 3 heteroatoms. The van der Waals surface area contributed by atoms with Crippen LogP contribution in [0.15, 0.2) is 24.4 Å². The number of nitrogens with one attached hydrogen (secondary N) is 1. The Morgan fingerprint density at radius 2 is 2.04 bits per heavy atom. The molecule has 2 fully saturated rings. The van der Waals surface area contributed by atoms with E-state index in [0.29, 0.717) is 18.4 Å². The molecule has 2 aliphatic rings. The van der Waals surface area contributed by atoms with Crippen LogP contribution in [-0.4, -0.2) is 28.4 Å². The number of carbonyl (C=O) groups is 1. The third-order valence-corrected chi connectivity index (χ3v) is 6.17. The van der Waals surface area contributed by atoms with Crippen molar-refractivity contribution in [3.05, 3.63) is 35.5 Å². The molecule has 2 heterocycles. The number of H-pyrrole nitrogens is 1. The zero-order chi connectivity index (χ0) is 16.5. The zero-order valence-corrected chi connectivity index (χ0v) is 14.7. The topological polar surface area (TPSA) is 36.1 Å². The lowest BCUT2D eigenvalue weighted by molar-refractivity contribution is -0.137. The molecule has 1 N–H and O–H groups in total. The van der Waals surface area contributed by atoms with Crippen LogP contribution in [0.4, 0.5) is 0 Å². The first kappa shape index (κ1) is 15.7. The van der Waals surface area contributed by atoms with Crippen LogP contribution < -0.4 is 0 Å². The summed E-state index contributed by atoms with van der Waals surface area (Å²) in [6.45, 7) is 3.13. The second-order valence-corrected chi connectivity index (χ2v) is 7.65. The summed E-state index contributed by atoms with van der Waals surface area (Å²) in [5.74, 6) is 1.14. The number of amides is 1. The highest BCUT2D eigenvalue weighted by molar-refractivity contribution is 5.87. The van der Waals surface area contributed by atoms with E-state index in [9.17, 15) is 4.79 Å². The average Bonchev–Trinajstić information content (AvgIpc) is 3.04. The van der Waals surface area contributed by atoms with E-state index in [0.717, 1.165) is 18.9 Å². The molecule has 2 unspecified atom stereocenters. The Morgan fingerprint density at radius 3 is 2.96 bits per heavy atom. The number of aromatic nitrogens is 1. The number of hydrogen-bond donors (Lipinski definition) is 1. The average molecular weight is 324 g/mol. The maximum Gasteiger partial charge on any atom is 0.223 e. The standard InChI is InChI=1S/C21H28N2O/c1-15-6-4-9-18-21(15)17(14-22-18)11-12-20(24)23-13-5-8-16-7-2-3-10-19(16)23/h4,6,9,14,16,19,22H,2-3,5,7-8,10-13H2,1H3. The van der Waals surface area contributed by atoms with E-state index in [2.05, 4.69) is 41.2 Å². The van der Waals surface area contributed by atoms with Crippen molar-refractivity contribution in [1.82, 2.24) is 9.88 Å². The van der Waals surface area contributed by atoms with E-state index in [1.807, 2.05) is 0 Å². The van der Waals surface area contributed by atoms with Crippen LogP contribution in [0.5, 0.6) is 0 Å². The second-order valence-electron chi connectivity index (χ2n) is 7.65. The minimum atomic E-state index is 0.370. The Morgan fingerprint density at radius 1 is 1.21 bits per heavy atom. The van der Waals surface area contributed by atoms with Gasteiger partial charge in [0.1, 0.15) is 0 Å². The first-order valence-corrected chi connectivity index (χ1v) is 9.59. The highest BCUT2D eigenvalue weighted by atomic mass is 16.2. The molecule has 2 aromatic rings. The number of aryl methyl sites for hydroxylation is 2. The molecule has 24 heavy (non-hydrogen) atoms. The second kappa shape index (κ2) is 6.62. The van der Waals surface area contributed by atoms with Crippen molar-refractivity contribution in [3.63, 3.8) is 0 Å². The Kier molecular flexibility index (Phi) is 4.34. The number of rotatable bonds is 3. The summed E-state index contributed by atoms with van der Waals surface area (Å²) < 4.78 is 0. The fourth-order valence-corrected chi connectivity index (χ4v) is 4.97. The molecule has 3 nitrogen and oxygen atoms in total. The molecule has 1 saturated heterocycles. The molecule has 1 saturated carbocycles. The normalized spacial score (nSPS) is 24.1. The van der Waals surface area contributed by atoms with Gasteiger partial charge in [-0.15, -0.1) is 0 Å². The number of nitrogens with zero attached hydrogens (tertiary/aromatic N) is 1. The van der Waals surface area contributed by atoms with Gasteiger partial charge in [0, 0.05) is 36.1 Å². The van der Waals surface area contributed by atoms with Gasteiger partial charge in [-0.3, -0.25) is 4.79 Å². The minimum Gasteiger partial charge on any atom is -0.361 e. The van der Waals surface area contributed by atoms with Crippen molar-refractivity contribution >= 4 is 16.8 Å². The van der Waals surface area contributed by atoms with Crippen molar-refractivity contribution in [3.8, 4) is 0 Å². The van der Waals surface area contributed by atoms with Crippen LogP contribution in [0.25, 0.3) is 10.9 Å². The van der Waals surface area contributed by atoms with Crippen LogP contribution in [0.3, 0.4) is 0 Å². The number of piperidine rings is 1. The monoisotopic (exact) mass is 324 g/mol. The van der Waals surface area contributed by atoms with Crippen molar-refractivity contribution in [2.45, 2.75) is 64.3 Å². The summed E-state index contributed by atoms with van der Waals surface area (Å²) in [7, 11) is 0. The minimum absolute atomic E-state index is 0.370. The lowest BCUT2D eigenvalue weighted by Gasteiger charge is -2.44. The maximum absolute atomic E-state index is 12.9. The van der Waals surface area contributed by atoms with Crippen LogP contribution in [-0.2, 0) is 11.2 Å². The highest BCUT2D eigenvalue weighted by Crippen LogP contribution is 2.35. The molecule has 0 radical (unpaired) electrons. The highest BCUT2D eigenvalue weighted by Gasteiger charge is 2.35. The summed E-state index contributed by atoms with van der Waals surface area (Å²) in [5.41, 5.74) is 3.76.